The Kier molecular flexibility index (Phi) is 4.29. The Morgan fingerprint density at radius 2 is 2.08 bits per heavy atom. The highest BCUT2D eigenvalue weighted by atomic mass is 16.5. The van der Waals surface area contributed by atoms with E-state index in [1.807, 2.05) is 19.9 Å². The number of likely N-dealkylation sites (tertiary alicyclic amines) is 1. The summed E-state index contributed by atoms with van der Waals surface area (Å²) in [5.74, 6) is 0.628. The number of benzene rings is 1. The predicted octanol–water partition coefficient (Wildman–Crippen LogP) is 2.76. The number of ether oxygens (including phenoxy) is 1. The van der Waals surface area contributed by atoms with Crippen molar-refractivity contribution < 1.29 is 18.7 Å². The first-order chi connectivity index (χ1) is 11.5. The lowest BCUT2D eigenvalue weighted by Crippen LogP contribution is -2.29. The molecule has 0 spiro atoms. The molecule has 1 aliphatic heterocycles. The average Bonchev–Trinajstić information content (AvgIpc) is 3.10. The van der Waals surface area contributed by atoms with Crippen molar-refractivity contribution in [3.05, 3.63) is 47.4 Å². The van der Waals surface area contributed by atoms with Crippen LogP contribution in [-0.2, 0) is 4.79 Å². The second kappa shape index (κ2) is 6.39. The van der Waals surface area contributed by atoms with E-state index in [0.717, 1.165) is 11.1 Å². The number of hydrogen-bond donors (Lipinski definition) is 1. The second-order valence-electron chi connectivity index (χ2n) is 6.02. The molecule has 3 rings (SSSR count). The molecule has 0 bridgehead atoms. The minimum atomic E-state index is -0.430. The molecule has 1 atom stereocenters. The minimum absolute atomic E-state index is 0.00155. The van der Waals surface area contributed by atoms with Crippen LogP contribution in [0.4, 0.5) is 5.69 Å². The van der Waals surface area contributed by atoms with Crippen LogP contribution < -0.4 is 10.1 Å². The van der Waals surface area contributed by atoms with Gasteiger partial charge in [0.05, 0.1) is 6.26 Å². The van der Waals surface area contributed by atoms with E-state index in [0.29, 0.717) is 30.2 Å². The zero-order chi connectivity index (χ0) is 17.3. The fraction of sp³-hybridized carbons (Fsp3) is 0.333. The van der Waals surface area contributed by atoms with Gasteiger partial charge in [-0.05, 0) is 43.7 Å². The Labute approximate surface area is 140 Å². The van der Waals surface area contributed by atoms with Gasteiger partial charge in [0.15, 0.2) is 11.9 Å². The average molecular weight is 328 g/mol. The summed E-state index contributed by atoms with van der Waals surface area (Å²) in [6.45, 7) is 4.40. The first-order valence-corrected chi connectivity index (χ1v) is 7.83. The van der Waals surface area contributed by atoms with Crippen LogP contribution >= 0.6 is 0 Å². The topological polar surface area (TPSA) is 71.8 Å². The largest absolute Gasteiger partial charge is 0.481 e. The monoisotopic (exact) mass is 328 g/mol. The molecule has 0 radical (unpaired) electrons. The SMILES string of the molecule is Cc1cc(OC2CCN(C)C2=O)ccc1NC(=O)c1occc1C. The summed E-state index contributed by atoms with van der Waals surface area (Å²) in [4.78, 5) is 25.8. The molecule has 6 nitrogen and oxygen atoms in total. The van der Waals surface area contributed by atoms with Gasteiger partial charge in [-0.1, -0.05) is 0 Å². The number of carbonyl (C=O) groups is 2. The van der Waals surface area contributed by atoms with Crippen LogP contribution in [-0.4, -0.2) is 36.4 Å². The van der Waals surface area contributed by atoms with Crippen molar-refractivity contribution in [3.8, 4) is 5.75 Å². The highest BCUT2D eigenvalue weighted by Crippen LogP contribution is 2.25. The molecule has 24 heavy (non-hydrogen) atoms. The molecular formula is C18H20N2O4. The second-order valence-corrected chi connectivity index (χ2v) is 6.02. The van der Waals surface area contributed by atoms with Crippen LogP contribution in [0.2, 0.25) is 0 Å². The van der Waals surface area contributed by atoms with E-state index in [9.17, 15) is 9.59 Å². The molecule has 1 saturated heterocycles. The third-order valence-electron chi connectivity index (χ3n) is 4.17. The van der Waals surface area contributed by atoms with Gasteiger partial charge in [0.2, 0.25) is 0 Å². The van der Waals surface area contributed by atoms with E-state index in [2.05, 4.69) is 5.32 Å². The van der Waals surface area contributed by atoms with Gasteiger partial charge >= 0.3 is 0 Å². The van der Waals surface area contributed by atoms with E-state index in [-0.39, 0.29) is 11.8 Å². The lowest BCUT2D eigenvalue weighted by molar-refractivity contribution is -0.132. The molecular weight excluding hydrogens is 308 g/mol. The smallest absolute Gasteiger partial charge is 0.291 e. The molecule has 2 aromatic rings. The van der Waals surface area contributed by atoms with Crippen LogP contribution in [0.5, 0.6) is 5.75 Å². The van der Waals surface area contributed by atoms with Crippen LogP contribution in [0, 0.1) is 13.8 Å². The van der Waals surface area contributed by atoms with E-state index >= 15 is 0 Å². The van der Waals surface area contributed by atoms with Crippen LogP contribution in [0.15, 0.2) is 34.9 Å². The van der Waals surface area contributed by atoms with E-state index in [4.69, 9.17) is 9.15 Å². The Morgan fingerprint density at radius 3 is 2.67 bits per heavy atom. The number of hydrogen-bond acceptors (Lipinski definition) is 4. The van der Waals surface area contributed by atoms with Gasteiger partial charge in [0, 0.05) is 31.3 Å². The first-order valence-electron chi connectivity index (χ1n) is 7.83. The summed E-state index contributed by atoms with van der Waals surface area (Å²) >= 11 is 0. The lowest BCUT2D eigenvalue weighted by atomic mass is 10.1. The molecule has 0 saturated carbocycles. The Balaban J connectivity index is 1.70. The van der Waals surface area contributed by atoms with Gasteiger partial charge in [0.1, 0.15) is 5.75 Å². The molecule has 1 N–H and O–H groups in total. The highest BCUT2D eigenvalue weighted by molar-refractivity contribution is 6.03. The molecule has 126 valence electrons. The van der Waals surface area contributed by atoms with Gasteiger partial charge in [-0.2, -0.15) is 0 Å². The molecule has 1 aliphatic rings. The standard InChI is InChI=1S/C18H20N2O4/c1-11-7-9-23-16(11)17(21)19-14-5-4-13(10-12(14)2)24-15-6-8-20(3)18(15)22/h4-5,7,9-10,15H,6,8H2,1-3H3,(H,19,21). The van der Waals surface area contributed by atoms with Crippen molar-refractivity contribution in [2.24, 2.45) is 0 Å². The van der Waals surface area contributed by atoms with E-state index in [1.165, 1.54) is 6.26 Å². The molecule has 1 aromatic heterocycles. The van der Waals surface area contributed by atoms with Crippen molar-refractivity contribution >= 4 is 17.5 Å². The number of nitrogens with one attached hydrogen (secondary N) is 1. The van der Waals surface area contributed by atoms with Crippen LogP contribution in [0.1, 0.15) is 28.1 Å². The molecule has 0 aliphatic carbocycles. The quantitative estimate of drug-likeness (QED) is 0.937. The first kappa shape index (κ1) is 16.1. The number of furan rings is 1. The number of aryl methyl sites for hydroxylation is 2. The molecule has 1 fully saturated rings. The van der Waals surface area contributed by atoms with Crippen molar-refractivity contribution in [1.29, 1.82) is 0 Å². The maximum absolute atomic E-state index is 12.2. The van der Waals surface area contributed by atoms with Gasteiger partial charge in [-0.3, -0.25) is 9.59 Å². The van der Waals surface area contributed by atoms with Crippen LogP contribution in [0.25, 0.3) is 0 Å². The fourth-order valence-electron chi connectivity index (χ4n) is 2.70. The third-order valence-corrected chi connectivity index (χ3v) is 4.17. The molecule has 2 heterocycles. The number of nitrogens with zero attached hydrogens (tertiary/aromatic N) is 1. The Hall–Kier alpha value is -2.76. The Morgan fingerprint density at radius 1 is 1.29 bits per heavy atom. The number of carbonyl (C=O) groups excluding carboxylic acids is 2. The zero-order valence-electron chi connectivity index (χ0n) is 14.0. The summed E-state index contributed by atoms with van der Waals surface area (Å²) in [7, 11) is 1.77. The summed E-state index contributed by atoms with van der Waals surface area (Å²) < 4.78 is 11.0. The zero-order valence-corrected chi connectivity index (χ0v) is 14.0. The summed E-state index contributed by atoms with van der Waals surface area (Å²) in [6, 6.07) is 7.08. The van der Waals surface area contributed by atoms with Gasteiger partial charge in [-0.25, -0.2) is 0 Å². The van der Waals surface area contributed by atoms with Crippen molar-refractivity contribution in [2.75, 3.05) is 18.9 Å². The molecule has 2 amide bonds. The van der Waals surface area contributed by atoms with Gasteiger partial charge in [0.25, 0.3) is 11.8 Å². The summed E-state index contributed by atoms with van der Waals surface area (Å²) in [5, 5.41) is 2.83. The van der Waals surface area contributed by atoms with Crippen LogP contribution in [0.3, 0.4) is 0 Å². The third kappa shape index (κ3) is 3.13. The highest BCUT2D eigenvalue weighted by Gasteiger charge is 2.30. The normalized spacial score (nSPS) is 17.2. The van der Waals surface area contributed by atoms with Gasteiger partial charge < -0.3 is 19.4 Å². The van der Waals surface area contributed by atoms with Crippen molar-refractivity contribution in [2.45, 2.75) is 26.4 Å². The number of anilines is 1. The van der Waals surface area contributed by atoms with Gasteiger partial charge in [-0.15, -0.1) is 0 Å². The van der Waals surface area contributed by atoms with Crippen molar-refractivity contribution in [3.63, 3.8) is 0 Å². The van der Waals surface area contributed by atoms with Crippen molar-refractivity contribution in [1.82, 2.24) is 4.90 Å². The Bertz CT molecular complexity index is 781. The summed E-state index contributed by atoms with van der Waals surface area (Å²) in [6.07, 6.45) is 1.74. The predicted molar refractivity (Wildman–Crippen MR) is 89.2 cm³/mol. The van der Waals surface area contributed by atoms with E-state index < -0.39 is 6.10 Å². The fourth-order valence-corrected chi connectivity index (χ4v) is 2.70. The molecule has 1 unspecified atom stereocenters. The molecule has 1 aromatic carbocycles. The number of amides is 2. The number of rotatable bonds is 4. The molecule has 6 heteroatoms. The number of likely N-dealkylation sites (N-methyl/N-ethyl adjacent to an activating group) is 1. The maximum Gasteiger partial charge on any atom is 0.291 e. The minimum Gasteiger partial charge on any atom is -0.481 e. The maximum atomic E-state index is 12.2. The van der Waals surface area contributed by atoms with E-state index in [1.54, 1.807) is 30.1 Å². The summed E-state index contributed by atoms with van der Waals surface area (Å²) in [5.41, 5.74) is 2.32. The lowest BCUT2D eigenvalue weighted by Gasteiger charge is -2.15.